The summed E-state index contributed by atoms with van der Waals surface area (Å²) in [6.07, 6.45) is 0.818. The number of carbonyl (C=O) groups excluding carboxylic acids is 2. The Morgan fingerprint density at radius 2 is 1.89 bits per heavy atom. The van der Waals surface area contributed by atoms with Gasteiger partial charge in [-0.05, 0) is 21.0 Å². The van der Waals surface area contributed by atoms with Gasteiger partial charge in [0.25, 0.3) is 0 Å². The SMILES string of the molecule is C=C(C)C(=O)NCCN(C=O)CCN(C)CCNC. The van der Waals surface area contributed by atoms with Crippen LogP contribution in [0.15, 0.2) is 12.2 Å². The van der Waals surface area contributed by atoms with Crippen LogP contribution in [0, 0.1) is 0 Å². The Labute approximate surface area is 115 Å². The molecule has 0 heterocycles. The Morgan fingerprint density at radius 3 is 2.42 bits per heavy atom. The van der Waals surface area contributed by atoms with E-state index in [4.69, 9.17) is 0 Å². The molecule has 0 aromatic carbocycles. The minimum atomic E-state index is -0.169. The van der Waals surface area contributed by atoms with Crippen LogP contribution in [0.3, 0.4) is 0 Å². The highest BCUT2D eigenvalue weighted by atomic mass is 16.2. The number of nitrogens with zero attached hydrogens (tertiary/aromatic N) is 2. The van der Waals surface area contributed by atoms with Crippen molar-refractivity contribution < 1.29 is 9.59 Å². The maximum atomic E-state index is 11.3. The number of rotatable bonds is 11. The second-order valence-corrected chi connectivity index (χ2v) is 4.58. The van der Waals surface area contributed by atoms with Crippen LogP contribution in [-0.2, 0) is 9.59 Å². The van der Waals surface area contributed by atoms with Crippen molar-refractivity contribution >= 4 is 12.3 Å². The molecule has 0 atom stereocenters. The van der Waals surface area contributed by atoms with Gasteiger partial charge in [-0.1, -0.05) is 6.58 Å². The molecule has 0 unspecified atom stereocenters. The largest absolute Gasteiger partial charge is 0.351 e. The topological polar surface area (TPSA) is 64.7 Å². The van der Waals surface area contributed by atoms with E-state index in [0.717, 1.165) is 26.0 Å². The molecular formula is C13H26N4O2. The van der Waals surface area contributed by atoms with Gasteiger partial charge in [-0.15, -0.1) is 0 Å². The standard InChI is InChI=1S/C13H26N4O2/c1-12(2)13(19)15-6-8-17(11-18)10-9-16(4)7-5-14-3/h11,14H,1,5-10H2,2-4H3,(H,15,19). The third-order valence-corrected chi connectivity index (χ3v) is 2.73. The van der Waals surface area contributed by atoms with Crippen molar-refractivity contribution in [3.8, 4) is 0 Å². The molecule has 19 heavy (non-hydrogen) atoms. The molecule has 0 saturated carbocycles. The second kappa shape index (κ2) is 10.5. The Kier molecular flexibility index (Phi) is 9.74. The third-order valence-electron chi connectivity index (χ3n) is 2.73. The Morgan fingerprint density at radius 1 is 1.21 bits per heavy atom. The van der Waals surface area contributed by atoms with Crippen molar-refractivity contribution in [3.63, 3.8) is 0 Å². The zero-order valence-corrected chi connectivity index (χ0v) is 12.2. The summed E-state index contributed by atoms with van der Waals surface area (Å²) in [5.74, 6) is -0.169. The Bertz CT molecular complexity index is 294. The van der Waals surface area contributed by atoms with Crippen LogP contribution >= 0.6 is 0 Å². The summed E-state index contributed by atoms with van der Waals surface area (Å²) in [5.41, 5.74) is 0.476. The van der Waals surface area contributed by atoms with Crippen molar-refractivity contribution in [1.29, 1.82) is 0 Å². The minimum Gasteiger partial charge on any atom is -0.351 e. The van der Waals surface area contributed by atoms with Gasteiger partial charge in [0.05, 0.1) is 0 Å². The quantitative estimate of drug-likeness (QED) is 0.384. The van der Waals surface area contributed by atoms with E-state index in [9.17, 15) is 9.59 Å². The van der Waals surface area contributed by atoms with Crippen LogP contribution in [0.4, 0.5) is 0 Å². The highest BCUT2D eigenvalue weighted by Crippen LogP contribution is 1.88. The number of hydrogen-bond donors (Lipinski definition) is 2. The molecule has 6 heteroatoms. The molecule has 0 aromatic rings. The van der Waals surface area contributed by atoms with E-state index in [2.05, 4.69) is 22.1 Å². The molecule has 2 amide bonds. The van der Waals surface area contributed by atoms with Gasteiger partial charge in [0.15, 0.2) is 0 Å². The lowest BCUT2D eigenvalue weighted by Crippen LogP contribution is -2.39. The normalized spacial score (nSPS) is 10.3. The average molecular weight is 270 g/mol. The van der Waals surface area contributed by atoms with E-state index >= 15 is 0 Å². The summed E-state index contributed by atoms with van der Waals surface area (Å²) in [4.78, 5) is 26.0. The monoisotopic (exact) mass is 270 g/mol. The minimum absolute atomic E-state index is 0.169. The third kappa shape index (κ3) is 9.21. The summed E-state index contributed by atoms with van der Waals surface area (Å²) < 4.78 is 0. The van der Waals surface area contributed by atoms with Gasteiger partial charge >= 0.3 is 0 Å². The van der Waals surface area contributed by atoms with E-state index in [-0.39, 0.29) is 5.91 Å². The summed E-state index contributed by atoms with van der Waals surface area (Å²) in [5, 5.41) is 5.78. The van der Waals surface area contributed by atoms with Crippen molar-refractivity contribution in [2.45, 2.75) is 6.92 Å². The van der Waals surface area contributed by atoms with Crippen molar-refractivity contribution in [1.82, 2.24) is 20.4 Å². The van der Waals surface area contributed by atoms with Gasteiger partial charge in [-0.25, -0.2) is 0 Å². The van der Waals surface area contributed by atoms with Crippen LogP contribution in [0.5, 0.6) is 0 Å². The fourth-order valence-electron chi connectivity index (χ4n) is 1.39. The van der Waals surface area contributed by atoms with Gasteiger partial charge in [0, 0.05) is 44.8 Å². The van der Waals surface area contributed by atoms with Crippen molar-refractivity contribution in [2.75, 3.05) is 53.4 Å². The predicted molar refractivity (Wildman–Crippen MR) is 76.9 cm³/mol. The predicted octanol–water partition coefficient (Wildman–Crippen LogP) is -0.712. The zero-order valence-electron chi connectivity index (χ0n) is 12.2. The smallest absolute Gasteiger partial charge is 0.246 e. The molecule has 0 fully saturated rings. The number of carbonyl (C=O) groups is 2. The lowest BCUT2D eigenvalue weighted by Gasteiger charge is -2.22. The zero-order chi connectivity index (χ0) is 14.7. The first-order valence-corrected chi connectivity index (χ1v) is 6.47. The van der Waals surface area contributed by atoms with Crippen LogP contribution < -0.4 is 10.6 Å². The average Bonchev–Trinajstić information content (AvgIpc) is 2.39. The molecule has 0 aliphatic heterocycles. The van der Waals surface area contributed by atoms with E-state index < -0.39 is 0 Å². The highest BCUT2D eigenvalue weighted by molar-refractivity contribution is 5.92. The van der Waals surface area contributed by atoms with Gasteiger partial charge in [-0.3, -0.25) is 9.59 Å². The van der Waals surface area contributed by atoms with Crippen LogP contribution in [-0.4, -0.2) is 75.5 Å². The maximum absolute atomic E-state index is 11.3. The number of likely N-dealkylation sites (N-methyl/N-ethyl adjacent to an activating group) is 2. The molecule has 0 rings (SSSR count). The van der Waals surface area contributed by atoms with Gasteiger partial charge in [0.1, 0.15) is 0 Å². The molecule has 0 aromatic heterocycles. The van der Waals surface area contributed by atoms with E-state index in [1.165, 1.54) is 0 Å². The first kappa shape index (κ1) is 17.6. The fourth-order valence-corrected chi connectivity index (χ4v) is 1.39. The second-order valence-electron chi connectivity index (χ2n) is 4.58. The summed E-state index contributed by atoms with van der Waals surface area (Å²) in [6.45, 7) is 9.51. The molecular weight excluding hydrogens is 244 g/mol. The van der Waals surface area contributed by atoms with Crippen LogP contribution in [0.1, 0.15) is 6.92 Å². The number of amides is 2. The molecule has 0 aliphatic carbocycles. The highest BCUT2D eigenvalue weighted by Gasteiger charge is 2.05. The molecule has 0 bridgehead atoms. The lowest BCUT2D eigenvalue weighted by atomic mass is 10.3. The van der Waals surface area contributed by atoms with Gasteiger partial charge < -0.3 is 20.4 Å². The van der Waals surface area contributed by atoms with Crippen LogP contribution in [0.25, 0.3) is 0 Å². The number of nitrogens with one attached hydrogen (secondary N) is 2. The molecule has 6 nitrogen and oxygen atoms in total. The Hall–Kier alpha value is -1.40. The summed E-state index contributed by atoms with van der Waals surface area (Å²) in [6, 6.07) is 0. The molecule has 0 saturated heterocycles. The Balaban J connectivity index is 3.80. The van der Waals surface area contributed by atoms with Gasteiger partial charge in [0.2, 0.25) is 12.3 Å². The van der Waals surface area contributed by atoms with Crippen molar-refractivity contribution in [3.05, 3.63) is 12.2 Å². The van der Waals surface area contributed by atoms with E-state index in [1.807, 2.05) is 14.1 Å². The van der Waals surface area contributed by atoms with Gasteiger partial charge in [-0.2, -0.15) is 0 Å². The fraction of sp³-hybridized carbons (Fsp3) is 0.692. The maximum Gasteiger partial charge on any atom is 0.246 e. The molecule has 0 spiro atoms. The molecule has 110 valence electrons. The molecule has 2 N–H and O–H groups in total. The first-order valence-electron chi connectivity index (χ1n) is 6.47. The van der Waals surface area contributed by atoms with Crippen LogP contribution in [0.2, 0.25) is 0 Å². The summed E-state index contributed by atoms with van der Waals surface area (Å²) in [7, 11) is 3.93. The number of hydrogen-bond acceptors (Lipinski definition) is 4. The summed E-state index contributed by atoms with van der Waals surface area (Å²) >= 11 is 0. The molecule has 0 radical (unpaired) electrons. The molecule has 0 aliphatic rings. The first-order chi connectivity index (χ1) is 9.01. The lowest BCUT2D eigenvalue weighted by molar-refractivity contribution is -0.120. The van der Waals surface area contributed by atoms with Crippen molar-refractivity contribution in [2.24, 2.45) is 0 Å². The van der Waals surface area contributed by atoms with E-state index in [0.29, 0.717) is 25.2 Å². The van der Waals surface area contributed by atoms with E-state index in [1.54, 1.807) is 11.8 Å².